The first-order valence-corrected chi connectivity index (χ1v) is 6.97. The molecule has 1 N–H and O–H groups in total. The van der Waals surface area contributed by atoms with Crippen LogP contribution in [-0.4, -0.2) is 14.7 Å². The van der Waals surface area contributed by atoms with E-state index < -0.39 is 0 Å². The van der Waals surface area contributed by atoms with E-state index in [1.54, 1.807) is 22.9 Å². The van der Waals surface area contributed by atoms with Crippen LogP contribution in [0.5, 0.6) is 5.75 Å². The molecule has 2 aromatic heterocycles. The number of benzene rings is 1. The van der Waals surface area contributed by atoms with Gasteiger partial charge in [-0.3, -0.25) is 9.36 Å². The molecular formula is C17H18N2O2. The first-order valence-electron chi connectivity index (χ1n) is 6.97. The van der Waals surface area contributed by atoms with Crippen LogP contribution in [0, 0.1) is 0 Å². The average Bonchev–Trinajstić information content (AvgIpc) is 2.54. The fourth-order valence-corrected chi connectivity index (χ4v) is 2.11. The lowest BCUT2D eigenvalue weighted by Gasteiger charge is -2.10. The van der Waals surface area contributed by atoms with Crippen LogP contribution in [0.4, 0.5) is 0 Å². The Kier molecular flexibility index (Phi) is 4.72. The molecule has 0 aliphatic rings. The second-order valence-electron chi connectivity index (χ2n) is 4.31. The summed E-state index contributed by atoms with van der Waals surface area (Å²) in [5.41, 5.74) is 1.26. The molecule has 0 saturated carbocycles. The summed E-state index contributed by atoms with van der Waals surface area (Å²) in [5, 5.41) is 10.4. The Balaban J connectivity index is 0.000000774. The van der Waals surface area contributed by atoms with E-state index in [-0.39, 0.29) is 11.3 Å². The highest BCUT2D eigenvalue weighted by Crippen LogP contribution is 2.20. The molecule has 108 valence electrons. The van der Waals surface area contributed by atoms with E-state index >= 15 is 0 Å². The van der Waals surface area contributed by atoms with Gasteiger partial charge in [0.15, 0.2) is 0 Å². The number of aromatic nitrogens is 2. The Bertz CT molecular complexity index is 780. The highest BCUT2D eigenvalue weighted by atomic mass is 16.3. The largest absolute Gasteiger partial charge is 0.507 e. The Morgan fingerprint density at radius 3 is 2.52 bits per heavy atom. The minimum atomic E-state index is -0.257. The summed E-state index contributed by atoms with van der Waals surface area (Å²) in [6.07, 6.45) is 1.61. The SMILES string of the molecule is CC.O=c1cc(O)c2cccnc2n1Cc1ccccc1. The van der Waals surface area contributed by atoms with Crippen LogP contribution in [0.3, 0.4) is 0 Å². The first kappa shape index (κ1) is 14.8. The molecule has 0 bridgehead atoms. The Morgan fingerprint density at radius 2 is 1.81 bits per heavy atom. The third-order valence-electron chi connectivity index (χ3n) is 3.03. The summed E-state index contributed by atoms with van der Waals surface area (Å²) in [5.74, 6) is -0.0302. The molecule has 0 saturated heterocycles. The first-order chi connectivity index (χ1) is 10.3. The number of rotatable bonds is 2. The molecule has 0 aliphatic heterocycles. The Labute approximate surface area is 123 Å². The molecule has 0 radical (unpaired) electrons. The highest BCUT2D eigenvalue weighted by Gasteiger charge is 2.08. The smallest absolute Gasteiger partial charge is 0.256 e. The lowest BCUT2D eigenvalue weighted by molar-refractivity contribution is 0.479. The zero-order valence-electron chi connectivity index (χ0n) is 12.2. The molecule has 0 spiro atoms. The van der Waals surface area contributed by atoms with Gasteiger partial charge < -0.3 is 5.11 Å². The predicted octanol–water partition coefficient (Wildman–Crippen LogP) is 3.18. The fraction of sp³-hybridized carbons (Fsp3) is 0.176. The van der Waals surface area contributed by atoms with Crippen LogP contribution in [0.1, 0.15) is 19.4 Å². The van der Waals surface area contributed by atoms with E-state index in [0.29, 0.717) is 17.6 Å². The van der Waals surface area contributed by atoms with E-state index in [2.05, 4.69) is 4.98 Å². The normalized spacial score (nSPS) is 10.0. The number of fused-ring (bicyclic) bond motifs is 1. The van der Waals surface area contributed by atoms with Crippen LogP contribution in [0.15, 0.2) is 59.5 Å². The molecule has 4 nitrogen and oxygen atoms in total. The quantitative estimate of drug-likeness (QED) is 0.785. The van der Waals surface area contributed by atoms with Gasteiger partial charge in [0, 0.05) is 12.3 Å². The van der Waals surface area contributed by atoms with E-state index in [0.717, 1.165) is 5.56 Å². The lowest BCUT2D eigenvalue weighted by atomic mass is 10.2. The zero-order valence-corrected chi connectivity index (χ0v) is 12.2. The maximum absolute atomic E-state index is 12.0. The molecule has 1 aromatic carbocycles. The van der Waals surface area contributed by atoms with Gasteiger partial charge in [-0.15, -0.1) is 0 Å². The molecule has 0 amide bonds. The molecule has 0 aliphatic carbocycles. The Morgan fingerprint density at radius 1 is 1.10 bits per heavy atom. The van der Waals surface area contributed by atoms with Crippen molar-refractivity contribution in [3.8, 4) is 5.75 Å². The number of aromatic hydroxyl groups is 1. The molecular weight excluding hydrogens is 264 g/mol. The van der Waals surface area contributed by atoms with Crippen LogP contribution in [-0.2, 0) is 6.54 Å². The molecule has 2 heterocycles. The summed E-state index contributed by atoms with van der Waals surface area (Å²) in [4.78, 5) is 16.2. The summed E-state index contributed by atoms with van der Waals surface area (Å²) in [6, 6.07) is 14.4. The molecule has 0 unspecified atom stereocenters. The van der Waals surface area contributed by atoms with Gasteiger partial charge in [0.1, 0.15) is 11.4 Å². The number of hydrogen-bond donors (Lipinski definition) is 1. The predicted molar refractivity (Wildman–Crippen MR) is 84.6 cm³/mol. The molecule has 21 heavy (non-hydrogen) atoms. The van der Waals surface area contributed by atoms with Crippen molar-refractivity contribution in [3.05, 3.63) is 70.6 Å². The van der Waals surface area contributed by atoms with Gasteiger partial charge in [-0.1, -0.05) is 44.2 Å². The molecule has 0 atom stereocenters. The van der Waals surface area contributed by atoms with Crippen molar-refractivity contribution >= 4 is 11.0 Å². The van der Waals surface area contributed by atoms with Gasteiger partial charge in [0.2, 0.25) is 0 Å². The van der Waals surface area contributed by atoms with Crippen LogP contribution in [0.2, 0.25) is 0 Å². The molecule has 4 heteroatoms. The second-order valence-corrected chi connectivity index (χ2v) is 4.31. The maximum atomic E-state index is 12.0. The van der Waals surface area contributed by atoms with Gasteiger partial charge in [-0.25, -0.2) is 4.98 Å². The van der Waals surface area contributed by atoms with Crippen molar-refractivity contribution in [1.82, 2.24) is 9.55 Å². The van der Waals surface area contributed by atoms with Crippen LogP contribution >= 0.6 is 0 Å². The summed E-state index contributed by atoms with van der Waals surface area (Å²) in [6.45, 7) is 4.44. The van der Waals surface area contributed by atoms with Gasteiger partial charge in [-0.05, 0) is 17.7 Å². The summed E-state index contributed by atoms with van der Waals surface area (Å²) >= 11 is 0. The number of nitrogens with zero attached hydrogens (tertiary/aromatic N) is 2. The fourth-order valence-electron chi connectivity index (χ4n) is 2.11. The second kappa shape index (κ2) is 6.70. The van der Waals surface area contributed by atoms with E-state index in [9.17, 15) is 9.90 Å². The number of hydrogen-bond acceptors (Lipinski definition) is 3. The summed E-state index contributed by atoms with van der Waals surface area (Å²) in [7, 11) is 0. The molecule has 0 fully saturated rings. The minimum Gasteiger partial charge on any atom is -0.507 e. The van der Waals surface area contributed by atoms with Gasteiger partial charge in [-0.2, -0.15) is 0 Å². The van der Waals surface area contributed by atoms with Crippen molar-refractivity contribution in [3.63, 3.8) is 0 Å². The van der Waals surface area contributed by atoms with Crippen molar-refractivity contribution < 1.29 is 5.11 Å². The van der Waals surface area contributed by atoms with Crippen molar-refractivity contribution in [1.29, 1.82) is 0 Å². The standard InChI is InChI=1S/C15H12N2O2.C2H6/c18-13-9-14(19)17(10-11-5-2-1-3-6-11)15-12(13)7-4-8-16-15;1-2/h1-9,18H,10H2;1-2H3. The van der Waals surface area contributed by atoms with E-state index in [1.165, 1.54) is 6.07 Å². The number of pyridine rings is 2. The Hall–Kier alpha value is -2.62. The van der Waals surface area contributed by atoms with Crippen molar-refractivity contribution in [2.75, 3.05) is 0 Å². The molecule has 3 aromatic rings. The highest BCUT2D eigenvalue weighted by molar-refractivity contribution is 5.81. The third kappa shape index (κ3) is 3.11. The van der Waals surface area contributed by atoms with E-state index in [1.807, 2.05) is 44.2 Å². The topological polar surface area (TPSA) is 55.1 Å². The minimum absolute atomic E-state index is 0.0302. The van der Waals surface area contributed by atoms with Gasteiger partial charge in [0.25, 0.3) is 5.56 Å². The average molecular weight is 282 g/mol. The zero-order chi connectivity index (χ0) is 15.2. The maximum Gasteiger partial charge on any atom is 0.256 e. The monoisotopic (exact) mass is 282 g/mol. The van der Waals surface area contributed by atoms with Gasteiger partial charge in [0.05, 0.1) is 11.9 Å². The van der Waals surface area contributed by atoms with Crippen molar-refractivity contribution in [2.45, 2.75) is 20.4 Å². The van der Waals surface area contributed by atoms with Gasteiger partial charge >= 0.3 is 0 Å². The van der Waals surface area contributed by atoms with Crippen molar-refractivity contribution in [2.24, 2.45) is 0 Å². The summed E-state index contributed by atoms with van der Waals surface area (Å²) < 4.78 is 1.56. The lowest BCUT2D eigenvalue weighted by Crippen LogP contribution is -2.20. The third-order valence-corrected chi connectivity index (χ3v) is 3.03. The van der Waals surface area contributed by atoms with Crippen LogP contribution < -0.4 is 5.56 Å². The van der Waals surface area contributed by atoms with E-state index in [4.69, 9.17) is 0 Å². The van der Waals surface area contributed by atoms with Crippen LogP contribution in [0.25, 0.3) is 11.0 Å². The molecule has 3 rings (SSSR count).